The summed E-state index contributed by atoms with van der Waals surface area (Å²) in [7, 11) is 0. The normalized spacial score (nSPS) is 15.9. The van der Waals surface area contributed by atoms with E-state index in [9.17, 15) is 70.2 Å². The number of carbonyl (C=O) groups is 4. The van der Waals surface area contributed by atoms with E-state index < -0.39 is 117 Å². The zero-order chi connectivity index (χ0) is 56.6. The number of aliphatic hydroxyl groups excluding tert-OH is 10. The van der Waals surface area contributed by atoms with Crippen LogP contribution in [0.3, 0.4) is 0 Å². The molecule has 11 unspecified atom stereocenters. The van der Waals surface area contributed by atoms with Crippen molar-refractivity contribution in [1.82, 2.24) is 41.5 Å². The molecule has 0 aliphatic rings. The van der Waals surface area contributed by atoms with E-state index in [1.165, 1.54) is 18.7 Å². The molecule has 0 saturated heterocycles. The van der Waals surface area contributed by atoms with Crippen LogP contribution in [0.25, 0.3) is 11.1 Å². The van der Waals surface area contributed by atoms with E-state index in [4.69, 9.17) is 34.2 Å². The Kier molecular flexibility index (Phi) is 27.8. The number of aliphatic hydroxyl groups is 10. The van der Waals surface area contributed by atoms with Crippen molar-refractivity contribution in [1.29, 1.82) is 5.41 Å². The van der Waals surface area contributed by atoms with Crippen LogP contribution < -0.4 is 43.8 Å². The third kappa shape index (κ3) is 21.4. The smallest absolute Gasteiger partial charge is 0.280 e. The van der Waals surface area contributed by atoms with Crippen LogP contribution in [0, 0.1) is 5.41 Å². The number of nitrogens with two attached hydrogens (primary N) is 3. The number of halogens is 1. The molecule has 1 aromatic heterocycles. The van der Waals surface area contributed by atoms with Gasteiger partial charge in [0.2, 0.25) is 17.7 Å². The molecule has 0 fully saturated rings. The number of nitrogens with one attached hydrogen (secondary N) is 6. The van der Waals surface area contributed by atoms with Gasteiger partial charge in [0.1, 0.15) is 48.7 Å². The van der Waals surface area contributed by atoms with Crippen LogP contribution in [-0.4, -0.2) is 208 Å². The molecule has 27 heteroatoms. The molecule has 2 aromatic carbocycles. The predicted molar refractivity (Wildman–Crippen MR) is 281 cm³/mol. The highest BCUT2D eigenvalue weighted by Crippen LogP contribution is 2.22. The van der Waals surface area contributed by atoms with Gasteiger partial charge < -0.3 is 89.5 Å². The molecule has 0 bridgehead atoms. The molecule has 424 valence electrons. The molecule has 0 spiro atoms. The molecule has 26 nitrogen and oxygen atoms in total. The van der Waals surface area contributed by atoms with E-state index >= 15 is 0 Å². The minimum atomic E-state index is -1.97. The van der Waals surface area contributed by atoms with E-state index in [2.05, 4.69) is 48.7 Å². The Morgan fingerprint density at radius 3 is 1.64 bits per heavy atom. The van der Waals surface area contributed by atoms with Crippen molar-refractivity contribution in [3.05, 3.63) is 70.5 Å². The maximum atomic E-state index is 13.6. The Morgan fingerprint density at radius 2 is 1.13 bits per heavy atom. The van der Waals surface area contributed by atoms with Crippen LogP contribution in [0.4, 0.5) is 11.6 Å². The van der Waals surface area contributed by atoms with Gasteiger partial charge >= 0.3 is 0 Å². The summed E-state index contributed by atoms with van der Waals surface area (Å²) in [5.41, 5.74) is 20.8. The number of hydrogen-bond donors (Lipinski definition) is 19. The predicted octanol–water partition coefficient (Wildman–Crippen LogP) is -4.03. The molecule has 3 aromatic rings. The minimum absolute atomic E-state index is 0.00428. The largest absolute Gasteiger partial charge is 0.394 e. The number of guanidine groups is 1. The summed E-state index contributed by atoms with van der Waals surface area (Å²) in [4.78, 5) is 60.4. The zero-order valence-electron chi connectivity index (χ0n) is 42.6. The van der Waals surface area contributed by atoms with Crippen LogP contribution in [0.2, 0.25) is 5.15 Å². The lowest BCUT2D eigenvalue weighted by Gasteiger charge is -2.33. The fourth-order valence-electron chi connectivity index (χ4n) is 7.64. The number of rotatable bonds is 33. The van der Waals surface area contributed by atoms with Gasteiger partial charge in [-0.25, -0.2) is 9.97 Å². The van der Waals surface area contributed by atoms with Gasteiger partial charge in [0.25, 0.3) is 5.91 Å². The Bertz CT molecular complexity index is 2260. The zero-order valence-corrected chi connectivity index (χ0v) is 43.4. The SMILES string of the molecule is CC(N)C(=O)NC(C)C(=O)NC(CCCCN(CC(O)C(O)C(O)C(O)CO)CC(O)C(O)C(O)C(O)CO)C(=O)NCCCc1ccc(-c2ccc(CCCCNC(=N)NC(=O)c3nc(Cl)c(N)nc3N)cc2)cc1. The highest BCUT2D eigenvalue weighted by molar-refractivity contribution is 6.31. The fourth-order valence-corrected chi connectivity index (χ4v) is 7.76. The highest BCUT2D eigenvalue weighted by atomic mass is 35.5. The van der Waals surface area contributed by atoms with Crippen molar-refractivity contribution in [2.24, 2.45) is 5.73 Å². The maximum absolute atomic E-state index is 13.6. The summed E-state index contributed by atoms with van der Waals surface area (Å²) in [6, 6.07) is 13.1. The van der Waals surface area contributed by atoms with E-state index in [-0.39, 0.29) is 60.8 Å². The number of nitrogen functional groups attached to an aromatic ring is 2. The lowest BCUT2D eigenvalue weighted by molar-refractivity contribution is -0.132. The summed E-state index contributed by atoms with van der Waals surface area (Å²) in [6.07, 6.45) is -11.0. The van der Waals surface area contributed by atoms with E-state index in [1.807, 2.05) is 36.4 Å². The molecule has 1 heterocycles. The second-order valence-electron chi connectivity index (χ2n) is 18.6. The summed E-state index contributed by atoms with van der Waals surface area (Å²) < 4.78 is 0. The summed E-state index contributed by atoms with van der Waals surface area (Å²) >= 11 is 5.84. The van der Waals surface area contributed by atoms with Crippen LogP contribution in [0.1, 0.15) is 74.0 Å². The second-order valence-corrected chi connectivity index (χ2v) is 18.9. The summed E-state index contributed by atoms with van der Waals surface area (Å²) in [5.74, 6) is -3.05. The average Bonchev–Trinajstić information content (AvgIpc) is 3.40. The van der Waals surface area contributed by atoms with Crippen molar-refractivity contribution in [3.8, 4) is 11.1 Å². The number of aryl methyl sites for hydroxylation is 2. The number of hydrogen-bond acceptors (Lipinski definition) is 21. The highest BCUT2D eigenvalue weighted by Gasteiger charge is 2.35. The number of benzene rings is 2. The van der Waals surface area contributed by atoms with Gasteiger partial charge in [-0.05, 0) is 94.0 Å². The van der Waals surface area contributed by atoms with Crippen LogP contribution in [0.15, 0.2) is 48.5 Å². The first-order valence-electron chi connectivity index (χ1n) is 24.9. The molecule has 4 amide bonds. The minimum Gasteiger partial charge on any atom is -0.394 e. The average molecular weight is 1090 g/mol. The Hall–Kier alpha value is -5.72. The summed E-state index contributed by atoms with van der Waals surface area (Å²) in [6.45, 7) is 0.743. The number of carbonyl (C=O) groups excluding carboxylic acids is 4. The second kappa shape index (κ2) is 32.8. The van der Waals surface area contributed by atoms with Crippen molar-refractivity contribution in [2.45, 2.75) is 132 Å². The molecule has 3 rings (SSSR count). The molecule has 11 atom stereocenters. The molecule has 0 aliphatic carbocycles. The van der Waals surface area contributed by atoms with E-state index in [0.717, 1.165) is 41.5 Å². The summed E-state index contributed by atoms with van der Waals surface area (Å²) in [5, 5.41) is 122. The maximum Gasteiger partial charge on any atom is 0.280 e. The van der Waals surface area contributed by atoms with Gasteiger partial charge in [0.05, 0.1) is 31.5 Å². The lowest BCUT2D eigenvalue weighted by Crippen LogP contribution is -2.54. The number of anilines is 2. The molecule has 76 heavy (non-hydrogen) atoms. The number of nitrogens with zero attached hydrogens (tertiary/aromatic N) is 3. The quantitative estimate of drug-likeness (QED) is 0.0157. The van der Waals surface area contributed by atoms with Crippen LogP contribution in [-0.2, 0) is 27.2 Å². The molecular formula is C49H77ClN12O14. The van der Waals surface area contributed by atoms with Crippen LogP contribution in [0.5, 0.6) is 0 Å². The van der Waals surface area contributed by atoms with Crippen LogP contribution >= 0.6 is 11.6 Å². The number of aromatic nitrogens is 2. The van der Waals surface area contributed by atoms with Gasteiger partial charge in [0, 0.05) is 26.2 Å². The lowest BCUT2D eigenvalue weighted by atomic mass is 9.99. The number of unbranched alkanes of at least 4 members (excludes halogenated alkanes) is 2. The van der Waals surface area contributed by atoms with Gasteiger partial charge in [-0.15, -0.1) is 0 Å². The topological polar surface area (TPSA) is 462 Å². The van der Waals surface area contributed by atoms with Crippen molar-refractivity contribution >= 4 is 52.8 Å². The van der Waals surface area contributed by atoms with Gasteiger partial charge in [-0.2, -0.15) is 0 Å². The molecule has 0 aliphatic heterocycles. The van der Waals surface area contributed by atoms with Crippen molar-refractivity contribution < 1.29 is 70.2 Å². The van der Waals surface area contributed by atoms with Gasteiger partial charge in [0.15, 0.2) is 28.4 Å². The van der Waals surface area contributed by atoms with Gasteiger partial charge in [-0.1, -0.05) is 60.1 Å². The third-order valence-corrected chi connectivity index (χ3v) is 12.6. The fraction of sp³-hybridized carbons (Fsp3) is 0.571. The Labute approximate surface area is 445 Å². The van der Waals surface area contributed by atoms with E-state index in [0.29, 0.717) is 19.4 Å². The first-order chi connectivity index (χ1) is 36.0. The Balaban J connectivity index is 1.54. The molecule has 0 saturated carbocycles. The monoisotopic (exact) mass is 1090 g/mol. The van der Waals surface area contributed by atoms with Crippen molar-refractivity contribution in [2.75, 3.05) is 57.4 Å². The molecule has 0 radical (unpaired) electrons. The Morgan fingerprint density at radius 1 is 0.632 bits per heavy atom. The molecular weight excluding hydrogens is 1020 g/mol. The third-order valence-electron chi connectivity index (χ3n) is 12.3. The first-order valence-corrected chi connectivity index (χ1v) is 25.3. The van der Waals surface area contributed by atoms with E-state index in [1.54, 1.807) is 0 Å². The van der Waals surface area contributed by atoms with Gasteiger partial charge in [-0.3, -0.25) is 34.8 Å². The molecule has 22 N–H and O–H groups in total. The first kappa shape index (κ1) is 64.6. The van der Waals surface area contributed by atoms with Crippen molar-refractivity contribution in [3.63, 3.8) is 0 Å². The standard InChI is InChI=1S/C49H77ClN12O14/c1-26(51)45(73)57-27(2)46(74)58-32(10-4-6-21-62(22-33(65)38(69)40(71)35(67)24-63)23-34(66)39(70)41(72)36(68)25-64)47(75)55-20-7-9-29-13-17-31(18-14-29)30-15-11-28(12-16-30)8-3-5-19-56-49(54)61-48(76)37-43(52)60-44(53)42(50)59-37/h11-18,26-27,32-36,38-41,63-72H,3-10,19-25,51H2,1-2H3,(H,55,75)(H,57,73)(H,58,74)(H4,52,53,60)(H3,54,56,61,76). The number of amides is 4.